The molecule has 4 heteroatoms. The quantitative estimate of drug-likeness (QED) is 0.711. The highest BCUT2D eigenvalue weighted by Gasteiger charge is 2.30. The van der Waals surface area contributed by atoms with Crippen LogP contribution in [0.5, 0.6) is 0 Å². The third kappa shape index (κ3) is 4.01. The third-order valence-corrected chi connectivity index (χ3v) is 3.50. The van der Waals surface area contributed by atoms with Crippen LogP contribution < -0.4 is 5.32 Å². The van der Waals surface area contributed by atoms with Crippen LogP contribution in [0.1, 0.15) is 20.3 Å². The molecule has 0 aromatic carbocycles. The maximum absolute atomic E-state index is 9.28. The van der Waals surface area contributed by atoms with Crippen LogP contribution in [0, 0.1) is 0 Å². The summed E-state index contributed by atoms with van der Waals surface area (Å²) in [5.41, 5.74) is 0.229. The Morgan fingerprint density at radius 1 is 1.44 bits per heavy atom. The Bertz CT molecular complexity index is 206. The van der Waals surface area contributed by atoms with Crippen molar-refractivity contribution in [3.63, 3.8) is 0 Å². The van der Waals surface area contributed by atoms with Gasteiger partial charge in [0.15, 0.2) is 0 Å². The number of rotatable bonds is 4. The van der Waals surface area contributed by atoms with E-state index in [0.29, 0.717) is 0 Å². The van der Waals surface area contributed by atoms with Gasteiger partial charge in [0, 0.05) is 31.2 Å². The van der Waals surface area contributed by atoms with Gasteiger partial charge in [-0.15, -0.1) is 0 Å². The summed E-state index contributed by atoms with van der Waals surface area (Å²) < 4.78 is 0. The van der Waals surface area contributed by atoms with E-state index in [9.17, 15) is 5.11 Å². The van der Waals surface area contributed by atoms with E-state index >= 15 is 0 Å². The van der Waals surface area contributed by atoms with Crippen molar-refractivity contribution in [3.8, 4) is 0 Å². The molecule has 0 aromatic rings. The fourth-order valence-corrected chi connectivity index (χ4v) is 2.15. The van der Waals surface area contributed by atoms with Gasteiger partial charge in [0.05, 0.1) is 6.61 Å². The van der Waals surface area contributed by atoms with Crippen molar-refractivity contribution in [3.05, 3.63) is 0 Å². The predicted molar refractivity (Wildman–Crippen MR) is 67.7 cm³/mol. The van der Waals surface area contributed by atoms with Gasteiger partial charge >= 0.3 is 0 Å². The molecule has 0 spiro atoms. The lowest BCUT2D eigenvalue weighted by Crippen LogP contribution is -2.49. The van der Waals surface area contributed by atoms with E-state index in [1.165, 1.54) is 0 Å². The minimum atomic E-state index is 0.226. The van der Waals surface area contributed by atoms with Gasteiger partial charge in [0.2, 0.25) is 0 Å². The fourth-order valence-electron chi connectivity index (χ4n) is 2.15. The average molecular weight is 229 g/mol. The molecule has 1 saturated heterocycles. The second-order valence-corrected chi connectivity index (χ2v) is 5.65. The largest absolute Gasteiger partial charge is 0.395 e. The van der Waals surface area contributed by atoms with E-state index in [1.807, 2.05) is 0 Å². The Kier molecular flexibility index (Phi) is 5.18. The van der Waals surface area contributed by atoms with E-state index in [2.05, 4.69) is 43.1 Å². The molecule has 1 fully saturated rings. The molecule has 4 nitrogen and oxygen atoms in total. The van der Waals surface area contributed by atoms with E-state index in [1.54, 1.807) is 0 Å². The zero-order valence-electron chi connectivity index (χ0n) is 11.2. The van der Waals surface area contributed by atoms with E-state index in [4.69, 9.17) is 0 Å². The van der Waals surface area contributed by atoms with Crippen LogP contribution in [0.4, 0.5) is 0 Å². The van der Waals surface area contributed by atoms with Gasteiger partial charge in [-0.05, 0) is 40.9 Å². The van der Waals surface area contributed by atoms with Crippen LogP contribution in [0.25, 0.3) is 0 Å². The van der Waals surface area contributed by atoms with Crippen molar-refractivity contribution >= 4 is 0 Å². The lowest BCUT2D eigenvalue weighted by Gasteiger charge is -2.38. The molecular formula is C12H27N3O. The molecule has 0 aliphatic carbocycles. The average Bonchev–Trinajstić information content (AvgIpc) is 2.33. The predicted octanol–water partition coefficient (Wildman–Crippen LogP) is -0.0172. The first kappa shape index (κ1) is 13.9. The maximum Gasteiger partial charge on any atom is 0.0597 e. The van der Waals surface area contributed by atoms with Crippen LogP contribution in [0.15, 0.2) is 0 Å². The van der Waals surface area contributed by atoms with Gasteiger partial charge in [-0.1, -0.05) is 0 Å². The SMILES string of the molecule is CN(C)CCN1CC(CO)NCCC1(C)C. The minimum absolute atomic E-state index is 0.226. The second-order valence-electron chi connectivity index (χ2n) is 5.65. The van der Waals surface area contributed by atoms with Gasteiger partial charge in [0.25, 0.3) is 0 Å². The van der Waals surface area contributed by atoms with Gasteiger partial charge in [-0.3, -0.25) is 4.90 Å². The summed E-state index contributed by atoms with van der Waals surface area (Å²) in [5, 5.41) is 12.7. The van der Waals surface area contributed by atoms with Gasteiger partial charge < -0.3 is 15.3 Å². The summed E-state index contributed by atoms with van der Waals surface area (Å²) in [7, 11) is 4.21. The number of hydrogen-bond donors (Lipinski definition) is 2. The van der Waals surface area contributed by atoms with Crippen LogP contribution in [-0.4, -0.2) is 73.4 Å². The highest BCUT2D eigenvalue weighted by atomic mass is 16.3. The van der Waals surface area contributed by atoms with E-state index < -0.39 is 0 Å². The molecule has 0 radical (unpaired) electrons. The Hall–Kier alpha value is -0.160. The highest BCUT2D eigenvalue weighted by Crippen LogP contribution is 2.20. The van der Waals surface area contributed by atoms with Crippen molar-refractivity contribution < 1.29 is 5.11 Å². The summed E-state index contributed by atoms with van der Waals surface area (Å²) in [6, 6.07) is 0.226. The minimum Gasteiger partial charge on any atom is -0.395 e. The first-order valence-corrected chi connectivity index (χ1v) is 6.20. The van der Waals surface area contributed by atoms with Crippen molar-refractivity contribution in [2.45, 2.75) is 31.8 Å². The van der Waals surface area contributed by atoms with Crippen LogP contribution in [0.3, 0.4) is 0 Å². The Morgan fingerprint density at radius 3 is 2.69 bits per heavy atom. The first-order chi connectivity index (χ1) is 7.45. The normalized spacial score (nSPS) is 27.0. The van der Waals surface area contributed by atoms with Crippen LogP contribution >= 0.6 is 0 Å². The van der Waals surface area contributed by atoms with Crippen molar-refractivity contribution in [1.29, 1.82) is 0 Å². The third-order valence-electron chi connectivity index (χ3n) is 3.50. The van der Waals surface area contributed by atoms with E-state index in [-0.39, 0.29) is 18.2 Å². The van der Waals surface area contributed by atoms with Gasteiger partial charge in [-0.2, -0.15) is 0 Å². The fraction of sp³-hybridized carbons (Fsp3) is 1.00. The van der Waals surface area contributed by atoms with Crippen LogP contribution in [-0.2, 0) is 0 Å². The summed E-state index contributed by atoms with van der Waals surface area (Å²) >= 11 is 0. The standard InChI is InChI=1S/C12H27N3O/c1-12(2)5-6-13-11(10-16)9-15(12)8-7-14(3)4/h11,13,16H,5-10H2,1-4H3. The summed E-state index contributed by atoms with van der Waals surface area (Å²) in [6.07, 6.45) is 1.14. The molecule has 96 valence electrons. The Morgan fingerprint density at radius 2 is 2.12 bits per heavy atom. The smallest absolute Gasteiger partial charge is 0.0597 e. The number of nitrogens with zero attached hydrogens (tertiary/aromatic N) is 2. The molecule has 1 atom stereocenters. The topological polar surface area (TPSA) is 38.7 Å². The molecule has 1 aliphatic rings. The second kappa shape index (κ2) is 5.96. The summed E-state index contributed by atoms with van der Waals surface area (Å²) in [5.74, 6) is 0. The van der Waals surface area contributed by atoms with Gasteiger partial charge in [-0.25, -0.2) is 0 Å². The summed E-state index contributed by atoms with van der Waals surface area (Å²) in [6.45, 7) is 8.90. The molecular weight excluding hydrogens is 202 g/mol. The Labute approximate surface area is 99.6 Å². The number of aliphatic hydroxyl groups excluding tert-OH is 1. The molecule has 1 rings (SSSR count). The van der Waals surface area contributed by atoms with E-state index in [0.717, 1.165) is 32.6 Å². The molecule has 0 aromatic heterocycles. The monoisotopic (exact) mass is 229 g/mol. The van der Waals surface area contributed by atoms with Crippen molar-refractivity contribution in [2.24, 2.45) is 0 Å². The van der Waals surface area contributed by atoms with Gasteiger partial charge in [0.1, 0.15) is 0 Å². The number of aliphatic hydroxyl groups is 1. The lowest BCUT2D eigenvalue weighted by molar-refractivity contribution is 0.0997. The molecule has 0 saturated carbocycles. The molecule has 2 N–H and O–H groups in total. The zero-order chi connectivity index (χ0) is 12.2. The zero-order valence-corrected chi connectivity index (χ0v) is 11.2. The van der Waals surface area contributed by atoms with Crippen molar-refractivity contribution in [1.82, 2.24) is 15.1 Å². The number of hydrogen-bond acceptors (Lipinski definition) is 4. The van der Waals surface area contributed by atoms with Crippen molar-refractivity contribution in [2.75, 3.05) is 46.9 Å². The number of nitrogens with one attached hydrogen (secondary N) is 1. The summed E-state index contributed by atoms with van der Waals surface area (Å²) in [4.78, 5) is 4.70. The molecule has 16 heavy (non-hydrogen) atoms. The highest BCUT2D eigenvalue weighted by molar-refractivity contribution is 4.89. The van der Waals surface area contributed by atoms with Crippen LogP contribution in [0.2, 0.25) is 0 Å². The first-order valence-electron chi connectivity index (χ1n) is 6.20. The molecule has 0 bridgehead atoms. The lowest BCUT2D eigenvalue weighted by atomic mass is 9.98. The maximum atomic E-state index is 9.28. The molecule has 1 heterocycles. The number of likely N-dealkylation sites (N-methyl/N-ethyl adjacent to an activating group) is 1. The Balaban J connectivity index is 2.58. The molecule has 0 amide bonds. The molecule has 1 unspecified atom stereocenters. The molecule has 1 aliphatic heterocycles.